The number of hydrogen-bond donors (Lipinski definition) is 0. The topological polar surface area (TPSA) is 34.9 Å². The first-order valence-electron chi connectivity index (χ1n) is 10.3. The average Bonchev–Trinajstić information content (AvgIpc) is 3.39. The molecule has 0 saturated carbocycles. The molecular weight excluding hydrogens is 455 g/mol. The van der Waals surface area contributed by atoms with Gasteiger partial charge >= 0.3 is 0 Å². The summed E-state index contributed by atoms with van der Waals surface area (Å²) >= 11 is 15.4. The van der Waals surface area contributed by atoms with E-state index < -0.39 is 0 Å². The maximum absolute atomic E-state index is 13.2. The van der Waals surface area contributed by atoms with E-state index in [-0.39, 0.29) is 10.4 Å². The Kier molecular flexibility index (Phi) is 9.31. The van der Waals surface area contributed by atoms with Crippen molar-refractivity contribution in [3.63, 3.8) is 0 Å². The van der Waals surface area contributed by atoms with Gasteiger partial charge in [0.25, 0.3) is 0 Å². The zero-order valence-corrected chi connectivity index (χ0v) is 20.2. The Hall–Kier alpha value is -1.27. The van der Waals surface area contributed by atoms with E-state index in [0.717, 1.165) is 28.8 Å². The quantitative estimate of drug-likeness (QED) is 0.260. The number of rotatable bonds is 11. The molecule has 3 aromatic rings. The summed E-state index contributed by atoms with van der Waals surface area (Å²) < 4.78 is 1.97. The highest BCUT2D eigenvalue weighted by Gasteiger charge is 2.23. The summed E-state index contributed by atoms with van der Waals surface area (Å²) in [5.41, 5.74) is 2.07. The van der Waals surface area contributed by atoms with Crippen LogP contribution in [0.15, 0.2) is 48.4 Å². The summed E-state index contributed by atoms with van der Waals surface area (Å²) in [4.78, 5) is 18.2. The number of unbranched alkanes of at least 4 members (excludes halogenated alkanes) is 4. The van der Waals surface area contributed by atoms with Gasteiger partial charge in [-0.2, -0.15) is 0 Å². The molecular formula is C23H26Cl2N2OS2. The number of nitrogens with zero attached hydrogens (tertiary/aromatic N) is 2. The minimum Gasteiger partial charge on any atom is -0.336 e. The van der Waals surface area contributed by atoms with Crippen LogP contribution in [0, 0.1) is 0 Å². The van der Waals surface area contributed by atoms with Crippen molar-refractivity contribution in [1.82, 2.24) is 9.55 Å². The number of thioether (sulfide) groups is 1. The molecule has 0 bridgehead atoms. The Labute approximate surface area is 196 Å². The Morgan fingerprint density at radius 3 is 2.77 bits per heavy atom. The standard InChI is InChI=1S/C23H26Cl2N2OS2/c1-2-3-4-5-6-7-17-10-13-29-22(17)23(28)30-21(15-27-12-11-26-16-27)19-9-8-18(24)14-20(19)25/h8-14,16,21H,2-7,15H2,1H3. The molecule has 1 unspecified atom stereocenters. The van der Waals surface area contributed by atoms with Crippen molar-refractivity contribution in [2.75, 3.05) is 0 Å². The summed E-state index contributed by atoms with van der Waals surface area (Å²) in [6, 6.07) is 7.56. The van der Waals surface area contributed by atoms with Crippen LogP contribution in [0.1, 0.15) is 65.1 Å². The molecule has 2 heterocycles. The molecule has 0 saturated heterocycles. The molecule has 0 radical (unpaired) electrons. The molecule has 3 rings (SSSR count). The second-order valence-corrected chi connectivity index (χ2v) is 10.2. The summed E-state index contributed by atoms with van der Waals surface area (Å²) in [6.45, 7) is 2.83. The molecule has 1 aromatic carbocycles. The zero-order chi connectivity index (χ0) is 21.3. The smallest absolute Gasteiger partial charge is 0.230 e. The molecule has 3 nitrogen and oxygen atoms in total. The Bertz CT molecular complexity index is 941. The molecule has 0 aliphatic rings. The normalized spacial score (nSPS) is 12.2. The number of thiophene rings is 1. The van der Waals surface area contributed by atoms with E-state index in [0.29, 0.717) is 16.6 Å². The third-order valence-corrected chi connectivity index (χ3v) is 7.73. The molecule has 30 heavy (non-hydrogen) atoms. The fourth-order valence-electron chi connectivity index (χ4n) is 3.36. The highest BCUT2D eigenvalue weighted by Crippen LogP contribution is 2.39. The maximum Gasteiger partial charge on any atom is 0.230 e. The number of halogens is 2. The first-order valence-corrected chi connectivity index (χ1v) is 12.8. The lowest BCUT2D eigenvalue weighted by Crippen LogP contribution is -2.09. The molecule has 160 valence electrons. The maximum atomic E-state index is 13.2. The van der Waals surface area contributed by atoms with Crippen molar-refractivity contribution in [2.24, 2.45) is 0 Å². The van der Waals surface area contributed by atoms with Gasteiger partial charge in [0.2, 0.25) is 5.12 Å². The molecule has 0 aliphatic carbocycles. The van der Waals surface area contributed by atoms with Gasteiger partial charge in [0.1, 0.15) is 0 Å². The van der Waals surface area contributed by atoms with Gasteiger partial charge in [0, 0.05) is 29.0 Å². The molecule has 0 N–H and O–H groups in total. The van der Waals surface area contributed by atoms with Gasteiger partial charge < -0.3 is 4.57 Å². The van der Waals surface area contributed by atoms with Crippen molar-refractivity contribution in [2.45, 2.75) is 57.2 Å². The Morgan fingerprint density at radius 2 is 2.03 bits per heavy atom. The van der Waals surface area contributed by atoms with Crippen LogP contribution >= 0.6 is 46.3 Å². The van der Waals surface area contributed by atoms with Gasteiger partial charge in [0.05, 0.1) is 16.5 Å². The number of imidazole rings is 1. The van der Waals surface area contributed by atoms with E-state index >= 15 is 0 Å². The van der Waals surface area contributed by atoms with Gasteiger partial charge in [-0.3, -0.25) is 4.79 Å². The van der Waals surface area contributed by atoms with Gasteiger partial charge in [-0.15, -0.1) is 11.3 Å². The van der Waals surface area contributed by atoms with Gasteiger partial charge in [-0.1, -0.05) is 73.6 Å². The van der Waals surface area contributed by atoms with E-state index in [1.54, 1.807) is 18.6 Å². The highest BCUT2D eigenvalue weighted by molar-refractivity contribution is 8.14. The Balaban J connectivity index is 1.73. The average molecular weight is 482 g/mol. The molecule has 1 atom stereocenters. The van der Waals surface area contributed by atoms with Crippen molar-refractivity contribution in [1.29, 1.82) is 0 Å². The molecule has 2 aromatic heterocycles. The second kappa shape index (κ2) is 11.9. The lowest BCUT2D eigenvalue weighted by Gasteiger charge is -2.18. The lowest BCUT2D eigenvalue weighted by atomic mass is 10.1. The lowest BCUT2D eigenvalue weighted by molar-refractivity contribution is 0.109. The van der Waals surface area contributed by atoms with Crippen LogP contribution < -0.4 is 0 Å². The number of hydrogen-bond acceptors (Lipinski definition) is 4. The molecule has 0 amide bonds. The van der Waals surface area contributed by atoms with E-state index in [1.807, 2.05) is 28.3 Å². The summed E-state index contributed by atoms with van der Waals surface area (Å²) in [5.74, 6) is 0. The molecule has 0 spiro atoms. The number of aromatic nitrogens is 2. The predicted octanol–water partition coefficient (Wildman–Crippen LogP) is 8.08. The van der Waals surface area contributed by atoms with Crippen molar-refractivity contribution >= 4 is 51.4 Å². The number of aryl methyl sites for hydroxylation is 1. The van der Waals surface area contributed by atoms with Gasteiger partial charge in [0.15, 0.2) is 0 Å². The van der Waals surface area contributed by atoms with Crippen LogP contribution in [0.5, 0.6) is 0 Å². The van der Waals surface area contributed by atoms with Crippen LogP contribution in [-0.4, -0.2) is 14.7 Å². The first kappa shape index (κ1) is 23.4. The Morgan fingerprint density at radius 1 is 1.20 bits per heavy atom. The molecule has 0 fully saturated rings. The van der Waals surface area contributed by atoms with Crippen LogP contribution in [0.3, 0.4) is 0 Å². The molecule has 0 aliphatic heterocycles. The van der Waals surface area contributed by atoms with Crippen molar-refractivity contribution in [3.8, 4) is 0 Å². The van der Waals surface area contributed by atoms with Crippen LogP contribution in [0.4, 0.5) is 0 Å². The van der Waals surface area contributed by atoms with Crippen LogP contribution in [0.25, 0.3) is 0 Å². The van der Waals surface area contributed by atoms with Crippen LogP contribution in [0.2, 0.25) is 10.0 Å². The number of carbonyl (C=O) groups is 1. The highest BCUT2D eigenvalue weighted by atomic mass is 35.5. The SMILES string of the molecule is CCCCCCCc1ccsc1C(=O)SC(Cn1ccnc1)c1ccc(Cl)cc1Cl. The van der Waals surface area contributed by atoms with E-state index in [9.17, 15) is 4.79 Å². The molecule has 7 heteroatoms. The monoisotopic (exact) mass is 480 g/mol. The number of benzene rings is 1. The minimum absolute atomic E-state index is 0.102. The van der Waals surface area contributed by atoms with Gasteiger partial charge in [-0.05, 0) is 47.5 Å². The van der Waals surface area contributed by atoms with E-state index in [4.69, 9.17) is 23.2 Å². The summed E-state index contributed by atoms with van der Waals surface area (Å²) in [7, 11) is 0. The van der Waals surface area contributed by atoms with E-state index in [1.165, 1.54) is 48.8 Å². The second-order valence-electron chi connectivity index (χ2n) is 7.26. The minimum atomic E-state index is -0.129. The predicted molar refractivity (Wildman–Crippen MR) is 130 cm³/mol. The third kappa shape index (κ3) is 6.61. The third-order valence-electron chi connectivity index (χ3n) is 4.98. The number of carbonyl (C=O) groups excluding carboxylic acids is 1. The van der Waals surface area contributed by atoms with Crippen molar-refractivity contribution in [3.05, 3.63) is 74.4 Å². The van der Waals surface area contributed by atoms with Crippen LogP contribution in [-0.2, 0) is 13.0 Å². The largest absolute Gasteiger partial charge is 0.336 e. The fourth-order valence-corrected chi connectivity index (χ4v) is 6.12. The van der Waals surface area contributed by atoms with E-state index in [2.05, 4.69) is 18.0 Å². The zero-order valence-electron chi connectivity index (χ0n) is 17.0. The summed E-state index contributed by atoms with van der Waals surface area (Å²) in [6.07, 6.45) is 12.5. The van der Waals surface area contributed by atoms with Gasteiger partial charge in [-0.25, -0.2) is 4.98 Å². The van der Waals surface area contributed by atoms with Crippen molar-refractivity contribution < 1.29 is 4.79 Å². The summed E-state index contributed by atoms with van der Waals surface area (Å²) in [5, 5.41) is 3.16. The first-order chi connectivity index (χ1) is 14.6. The fraction of sp³-hybridized carbons (Fsp3) is 0.391.